The van der Waals surface area contributed by atoms with E-state index in [1.165, 1.54) is 30.4 Å². The molecule has 0 aliphatic heterocycles. The second kappa shape index (κ2) is 8.93. The van der Waals surface area contributed by atoms with Crippen LogP contribution in [0.25, 0.3) is 5.57 Å². The summed E-state index contributed by atoms with van der Waals surface area (Å²) in [6.45, 7) is 4.35. The molecule has 18 heavy (non-hydrogen) atoms. The molecule has 1 nitrogen and oxygen atoms in total. The number of hydrogen-bond acceptors (Lipinski definition) is 1. The van der Waals surface area contributed by atoms with Gasteiger partial charge < -0.3 is 5.11 Å². The van der Waals surface area contributed by atoms with Crippen molar-refractivity contribution in [1.29, 1.82) is 0 Å². The van der Waals surface area contributed by atoms with Crippen LogP contribution in [0.1, 0.15) is 57.9 Å². The van der Waals surface area contributed by atoms with E-state index < -0.39 is 0 Å². The van der Waals surface area contributed by atoms with Crippen molar-refractivity contribution in [1.82, 2.24) is 0 Å². The molecule has 0 spiro atoms. The Hall–Kier alpha value is -1.08. The molecule has 0 aliphatic rings. The van der Waals surface area contributed by atoms with Crippen molar-refractivity contribution in [2.75, 3.05) is 0 Å². The molecule has 0 unspecified atom stereocenters. The second-order valence-electron chi connectivity index (χ2n) is 4.83. The van der Waals surface area contributed by atoms with Crippen LogP contribution in [0.3, 0.4) is 0 Å². The number of allylic oxidation sites excluding steroid dienone is 1. The van der Waals surface area contributed by atoms with Gasteiger partial charge in [0.1, 0.15) is 0 Å². The fraction of sp³-hybridized carbons (Fsp3) is 0.529. The average molecular weight is 246 g/mol. The van der Waals surface area contributed by atoms with Gasteiger partial charge in [0.05, 0.1) is 6.10 Å². The number of aliphatic hydroxyl groups is 1. The summed E-state index contributed by atoms with van der Waals surface area (Å²) in [6, 6.07) is 10.3. The minimum Gasteiger partial charge on any atom is -0.389 e. The highest BCUT2D eigenvalue weighted by Gasteiger charge is 2.04. The average Bonchev–Trinajstić information content (AvgIpc) is 2.42. The van der Waals surface area contributed by atoms with Gasteiger partial charge >= 0.3 is 0 Å². The zero-order valence-electron chi connectivity index (χ0n) is 11.7. The van der Waals surface area contributed by atoms with Gasteiger partial charge in [-0.25, -0.2) is 0 Å². The Kier molecular flexibility index (Phi) is 7.43. The fourth-order valence-electron chi connectivity index (χ4n) is 2.17. The largest absolute Gasteiger partial charge is 0.389 e. The smallest absolute Gasteiger partial charge is 0.0726 e. The highest BCUT2D eigenvalue weighted by Crippen LogP contribution is 2.19. The Bertz CT molecular complexity index is 340. The summed E-state index contributed by atoms with van der Waals surface area (Å²) >= 11 is 0. The predicted molar refractivity (Wildman–Crippen MR) is 79.5 cm³/mol. The first-order chi connectivity index (χ1) is 8.77. The lowest BCUT2D eigenvalue weighted by Crippen LogP contribution is -2.03. The summed E-state index contributed by atoms with van der Waals surface area (Å²) in [6.07, 6.45) is 8.46. The molecule has 0 saturated carbocycles. The van der Waals surface area contributed by atoms with E-state index in [2.05, 4.69) is 26.0 Å². The van der Waals surface area contributed by atoms with Crippen molar-refractivity contribution < 1.29 is 5.11 Å². The van der Waals surface area contributed by atoms with Crippen LogP contribution in [-0.2, 0) is 0 Å². The van der Waals surface area contributed by atoms with Crippen LogP contribution in [0.15, 0.2) is 36.4 Å². The van der Waals surface area contributed by atoms with Gasteiger partial charge in [-0.15, -0.1) is 0 Å². The van der Waals surface area contributed by atoms with E-state index in [4.69, 9.17) is 0 Å². The zero-order chi connectivity index (χ0) is 13.2. The van der Waals surface area contributed by atoms with Crippen molar-refractivity contribution in [2.45, 2.75) is 58.5 Å². The van der Waals surface area contributed by atoms with Crippen molar-refractivity contribution in [2.24, 2.45) is 0 Å². The Morgan fingerprint density at radius 2 is 1.83 bits per heavy atom. The SMILES string of the molecule is CCCCCC[C@H](O)/C=C(\CC)c1ccccc1. The molecule has 0 fully saturated rings. The summed E-state index contributed by atoms with van der Waals surface area (Å²) < 4.78 is 0. The molecule has 1 N–H and O–H groups in total. The summed E-state index contributed by atoms with van der Waals surface area (Å²) in [4.78, 5) is 0. The van der Waals surface area contributed by atoms with Crippen LogP contribution in [0.4, 0.5) is 0 Å². The third-order valence-corrected chi connectivity index (χ3v) is 3.27. The third-order valence-electron chi connectivity index (χ3n) is 3.27. The van der Waals surface area contributed by atoms with E-state index in [9.17, 15) is 5.11 Å². The lowest BCUT2D eigenvalue weighted by molar-refractivity contribution is 0.208. The number of unbranched alkanes of at least 4 members (excludes halogenated alkanes) is 3. The van der Waals surface area contributed by atoms with Gasteiger partial charge in [-0.1, -0.05) is 75.9 Å². The molecule has 0 amide bonds. The molecule has 1 aromatic rings. The molecule has 0 saturated heterocycles. The van der Waals surface area contributed by atoms with Gasteiger partial charge in [-0.3, -0.25) is 0 Å². The molecule has 1 aromatic carbocycles. The normalized spacial score (nSPS) is 13.6. The van der Waals surface area contributed by atoms with Crippen LogP contribution < -0.4 is 0 Å². The molecule has 1 heteroatoms. The first-order valence-corrected chi connectivity index (χ1v) is 7.22. The first kappa shape index (κ1) is 15.0. The standard InChI is InChI=1S/C17H26O/c1-3-5-6-10-13-17(18)14-15(4-2)16-11-8-7-9-12-16/h7-9,11-12,14,17-18H,3-6,10,13H2,1-2H3/b15-14+/t17-/m0/s1. The Morgan fingerprint density at radius 1 is 1.11 bits per heavy atom. The van der Waals surface area contributed by atoms with E-state index in [0.29, 0.717) is 0 Å². The molecule has 1 atom stereocenters. The quantitative estimate of drug-likeness (QED) is 0.652. The van der Waals surface area contributed by atoms with Crippen LogP contribution in [-0.4, -0.2) is 11.2 Å². The summed E-state index contributed by atoms with van der Waals surface area (Å²) in [5, 5.41) is 10.0. The maximum atomic E-state index is 10.0. The zero-order valence-corrected chi connectivity index (χ0v) is 11.7. The lowest BCUT2D eigenvalue weighted by atomic mass is 10.00. The number of rotatable bonds is 8. The van der Waals surface area contributed by atoms with Gasteiger partial charge in [0.15, 0.2) is 0 Å². The molecule has 100 valence electrons. The van der Waals surface area contributed by atoms with Crippen molar-refractivity contribution in [3.63, 3.8) is 0 Å². The van der Waals surface area contributed by atoms with E-state index in [1.807, 2.05) is 24.3 Å². The molecule has 0 aromatic heterocycles. The second-order valence-corrected chi connectivity index (χ2v) is 4.83. The Balaban J connectivity index is 2.51. The van der Waals surface area contributed by atoms with Gasteiger partial charge in [0.2, 0.25) is 0 Å². The van der Waals surface area contributed by atoms with Crippen LogP contribution in [0.2, 0.25) is 0 Å². The van der Waals surface area contributed by atoms with Gasteiger partial charge in [0.25, 0.3) is 0 Å². The lowest BCUT2D eigenvalue weighted by Gasteiger charge is -2.10. The molecular formula is C17H26O. The van der Waals surface area contributed by atoms with Gasteiger partial charge in [-0.05, 0) is 24.0 Å². The van der Waals surface area contributed by atoms with E-state index >= 15 is 0 Å². The van der Waals surface area contributed by atoms with Crippen molar-refractivity contribution in [3.05, 3.63) is 42.0 Å². The van der Waals surface area contributed by atoms with E-state index in [1.54, 1.807) is 0 Å². The predicted octanol–water partition coefficient (Wildman–Crippen LogP) is 4.81. The minimum atomic E-state index is -0.294. The molecule has 0 radical (unpaired) electrons. The number of aliphatic hydroxyl groups excluding tert-OH is 1. The monoisotopic (exact) mass is 246 g/mol. The molecular weight excluding hydrogens is 220 g/mol. The summed E-state index contributed by atoms with van der Waals surface area (Å²) in [5.74, 6) is 0. The highest BCUT2D eigenvalue weighted by atomic mass is 16.3. The molecule has 1 rings (SSSR count). The summed E-state index contributed by atoms with van der Waals surface area (Å²) in [5.41, 5.74) is 2.48. The minimum absolute atomic E-state index is 0.294. The molecule has 0 aliphatic carbocycles. The van der Waals surface area contributed by atoms with Crippen LogP contribution >= 0.6 is 0 Å². The fourth-order valence-corrected chi connectivity index (χ4v) is 2.17. The van der Waals surface area contributed by atoms with Crippen LogP contribution in [0.5, 0.6) is 0 Å². The van der Waals surface area contributed by atoms with Crippen LogP contribution in [0, 0.1) is 0 Å². The maximum absolute atomic E-state index is 10.0. The van der Waals surface area contributed by atoms with E-state index in [0.717, 1.165) is 19.3 Å². The van der Waals surface area contributed by atoms with Crippen molar-refractivity contribution >= 4 is 5.57 Å². The topological polar surface area (TPSA) is 20.2 Å². The molecule has 0 heterocycles. The Morgan fingerprint density at radius 3 is 2.44 bits per heavy atom. The molecule has 0 bridgehead atoms. The Labute approximate surface area is 112 Å². The third kappa shape index (κ3) is 5.50. The van der Waals surface area contributed by atoms with E-state index in [-0.39, 0.29) is 6.10 Å². The number of hydrogen-bond donors (Lipinski definition) is 1. The first-order valence-electron chi connectivity index (χ1n) is 7.22. The van der Waals surface area contributed by atoms with Gasteiger partial charge in [-0.2, -0.15) is 0 Å². The summed E-state index contributed by atoms with van der Waals surface area (Å²) in [7, 11) is 0. The highest BCUT2D eigenvalue weighted by molar-refractivity contribution is 5.65. The van der Waals surface area contributed by atoms with Gasteiger partial charge in [0, 0.05) is 0 Å². The maximum Gasteiger partial charge on any atom is 0.0726 e. The van der Waals surface area contributed by atoms with Crippen molar-refractivity contribution in [3.8, 4) is 0 Å². The number of benzene rings is 1.